The predicted octanol–water partition coefficient (Wildman–Crippen LogP) is 3.31. The summed E-state index contributed by atoms with van der Waals surface area (Å²) in [4.78, 5) is 29.1. The van der Waals surface area contributed by atoms with Gasteiger partial charge in [-0.15, -0.1) is 0 Å². The van der Waals surface area contributed by atoms with Crippen molar-refractivity contribution in [3.63, 3.8) is 0 Å². The van der Waals surface area contributed by atoms with Gasteiger partial charge in [-0.3, -0.25) is 9.36 Å². The van der Waals surface area contributed by atoms with Crippen LogP contribution in [0, 0.1) is 17.0 Å². The third-order valence-corrected chi connectivity index (χ3v) is 5.09. The van der Waals surface area contributed by atoms with Crippen LogP contribution in [-0.4, -0.2) is 31.3 Å². The van der Waals surface area contributed by atoms with Crippen LogP contribution in [0.5, 0.6) is 0 Å². The molecule has 1 amide bonds. The molecule has 1 aromatic heterocycles. The van der Waals surface area contributed by atoms with Crippen LogP contribution < -0.4 is 0 Å². The molecule has 2 aliphatic rings. The van der Waals surface area contributed by atoms with E-state index < -0.39 is 4.92 Å². The Labute approximate surface area is 142 Å². The molecule has 0 spiro atoms. The molecule has 0 unspecified atom stereocenters. The Kier molecular flexibility index (Phi) is 4.52. The fourth-order valence-electron chi connectivity index (χ4n) is 3.00. The number of imidazole rings is 1. The Morgan fingerprint density at radius 2 is 2.26 bits per heavy atom. The molecule has 1 fully saturated rings. The van der Waals surface area contributed by atoms with Gasteiger partial charge in [0.15, 0.2) is 4.60 Å². The normalized spacial score (nSPS) is 17.7. The second kappa shape index (κ2) is 6.43. The van der Waals surface area contributed by atoms with Crippen molar-refractivity contribution in [1.29, 1.82) is 0 Å². The SMILES string of the molecule is Cc1nc([N+](=O)[O-])c(Br)n1CC(=O)N(C1=CCCCC1)C1CC1. The van der Waals surface area contributed by atoms with Gasteiger partial charge < -0.3 is 15.0 Å². The summed E-state index contributed by atoms with van der Waals surface area (Å²) in [6, 6.07) is 0.296. The van der Waals surface area contributed by atoms with Crippen molar-refractivity contribution < 1.29 is 9.72 Å². The minimum absolute atomic E-state index is 0.0169. The average Bonchev–Trinajstić information content (AvgIpc) is 3.30. The summed E-state index contributed by atoms with van der Waals surface area (Å²) in [5, 5.41) is 11.0. The van der Waals surface area contributed by atoms with Gasteiger partial charge in [0.1, 0.15) is 6.54 Å². The van der Waals surface area contributed by atoms with Crippen LogP contribution in [0.3, 0.4) is 0 Å². The fourth-order valence-corrected chi connectivity index (χ4v) is 3.62. The number of rotatable bonds is 5. The third-order valence-electron chi connectivity index (χ3n) is 4.30. The van der Waals surface area contributed by atoms with E-state index in [1.54, 1.807) is 11.5 Å². The number of aromatic nitrogens is 2. The highest BCUT2D eigenvalue weighted by molar-refractivity contribution is 9.10. The van der Waals surface area contributed by atoms with Crippen LogP contribution in [0.4, 0.5) is 5.82 Å². The lowest BCUT2D eigenvalue weighted by atomic mass is 10.0. The summed E-state index contributed by atoms with van der Waals surface area (Å²) in [7, 11) is 0. The second-order valence-corrected chi connectivity index (χ2v) is 6.80. The molecule has 0 bridgehead atoms. The number of halogens is 1. The maximum atomic E-state index is 12.8. The molecule has 3 rings (SSSR count). The highest BCUT2D eigenvalue weighted by atomic mass is 79.9. The van der Waals surface area contributed by atoms with E-state index in [1.165, 1.54) is 6.42 Å². The van der Waals surface area contributed by atoms with Crippen LogP contribution in [0.25, 0.3) is 0 Å². The molecule has 0 saturated heterocycles. The number of carbonyl (C=O) groups is 1. The van der Waals surface area contributed by atoms with Gasteiger partial charge in [0.2, 0.25) is 11.7 Å². The van der Waals surface area contributed by atoms with E-state index in [-0.39, 0.29) is 22.9 Å². The summed E-state index contributed by atoms with van der Waals surface area (Å²) in [5.41, 5.74) is 1.12. The second-order valence-electron chi connectivity index (χ2n) is 6.05. The lowest BCUT2D eigenvalue weighted by molar-refractivity contribution is -0.390. The average molecular weight is 383 g/mol. The van der Waals surface area contributed by atoms with Crippen molar-refractivity contribution in [3.8, 4) is 0 Å². The van der Waals surface area contributed by atoms with E-state index in [0.717, 1.165) is 37.8 Å². The van der Waals surface area contributed by atoms with Crippen LogP contribution in [-0.2, 0) is 11.3 Å². The molecule has 1 saturated carbocycles. The molecule has 124 valence electrons. The molecule has 0 aliphatic heterocycles. The number of hydrogen-bond acceptors (Lipinski definition) is 4. The van der Waals surface area contributed by atoms with E-state index in [4.69, 9.17) is 0 Å². The number of hydrogen-bond donors (Lipinski definition) is 0. The monoisotopic (exact) mass is 382 g/mol. The number of aryl methyl sites for hydroxylation is 1. The molecule has 2 aliphatic carbocycles. The molecule has 0 aromatic carbocycles. The summed E-state index contributed by atoms with van der Waals surface area (Å²) in [5.74, 6) is 0.201. The first-order chi connectivity index (χ1) is 11.0. The van der Waals surface area contributed by atoms with Gasteiger partial charge in [-0.25, -0.2) is 0 Å². The van der Waals surface area contributed by atoms with Crippen LogP contribution >= 0.6 is 15.9 Å². The molecule has 8 heteroatoms. The topological polar surface area (TPSA) is 81.3 Å². The van der Waals surface area contributed by atoms with Crippen molar-refractivity contribution >= 4 is 27.7 Å². The van der Waals surface area contributed by atoms with Crippen LogP contribution in [0.15, 0.2) is 16.4 Å². The van der Waals surface area contributed by atoms with E-state index in [0.29, 0.717) is 11.9 Å². The fraction of sp³-hybridized carbons (Fsp3) is 0.600. The molecular formula is C15H19BrN4O3. The zero-order chi connectivity index (χ0) is 16.6. The van der Waals surface area contributed by atoms with Gasteiger partial charge in [-0.05, 0) is 64.4 Å². The Bertz CT molecular complexity index is 679. The number of carbonyl (C=O) groups excluding carboxylic acids is 1. The van der Waals surface area contributed by atoms with Crippen molar-refractivity contribution in [1.82, 2.24) is 14.5 Å². The van der Waals surface area contributed by atoms with Crippen molar-refractivity contribution in [2.75, 3.05) is 0 Å². The van der Waals surface area contributed by atoms with Gasteiger partial charge in [0.05, 0.1) is 0 Å². The third kappa shape index (κ3) is 3.31. The summed E-state index contributed by atoms with van der Waals surface area (Å²) >= 11 is 3.20. The number of allylic oxidation sites excluding steroid dienone is 2. The molecule has 0 atom stereocenters. The Hall–Kier alpha value is -1.70. The first-order valence-corrected chi connectivity index (χ1v) is 8.66. The van der Waals surface area contributed by atoms with E-state index in [9.17, 15) is 14.9 Å². The minimum atomic E-state index is -0.541. The standard InChI is InChI=1S/C15H19BrN4O3/c1-10-17-15(20(22)23)14(16)18(10)9-13(21)19(12-7-8-12)11-5-3-2-4-6-11/h5,12H,2-4,6-9H2,1H3. The first kappa shape index (κ1) is 16.2. The van der Waals surface area contributed by atoms with Gasteiger partial charge in [0.25, 0.3) is 0 Å². The Morgan fingerprint density at radius 1 is 1.52 bits per heavy atom. The van der Waals surface area contributed by atoms with Gasteiger partial charge in [-0.2, -0.15) is 0 Å². The summed E-state index contributed by atoms with van der Waals surface area (Å²) in [6.07, 6.45) is 8.48. The van der Waals surface area contributed by atoms with E-state index >= 15 is 0 Å². The Balaban J connectivity index is 1.82. The summed E-state index contributed by atoms with van der Waals surface area (Å²) < 4.78 is 1.82. The quantitative estimate of drug-likeness (QED) is 0.577. The van der Waals surface area contributed by atoms with Gasteiger partial charge in [0, 0.05) is 18.7 Å². The van der Waals surface area contributed by atoms with E-state index in [1.807, 2.05) is 4.90 Å². The zero-order valence-electron chi connectivity index (χ0n) is 13.0. The smallest absolute Gasteiger partial charge is 0.358 e. The van der Waals surface area contributed by atoms with E-state index in [2.05, 4.69) is 27.0 Å². The molecule has 23 heavy (non-hydrogen) atoms. The van der Waals surface area contributed by atoms with Crippen LogP contribution in [0.2, 0.25) is 0 Å². The summed E-state index contributed by atoms with van der Waals surface area (Å²) in [6.45, 7) is 1.74. The molecule has 1 aromatic rings. The van der Waals surface area contributed by atoms with Crippen molar-refractivity contribution in [3.05, 3.63) is 32.3 Å². The zero-order valence-corrected chi connectivity index (χ0v) is 14.6. The molecular weight excluding hydrogens is 364 g/mol. The number of amides is 1. The first-order valence-electron chi connectivity index (χ1n) is 7.87. The highest BCUT2D eigenvalue weighted by Crippen LogP contribution is 2.34. The van der Waals surface area contributed by atoms with Crippen molar-refractivity contribution in [2.45, 2.75) is 58.0 Å². The maximum Gasteiger partial charge on any atom is 0.396 e. The van der Waals surface area contributed by atoms with Gasteiger partial charge >= 0.3 is 5.82 Å². The van der Waals surface area contributed by atoms with Crippen LogP contribution in [0.1, 0.15) is 44.3 Å². The maximum absolute atomic E-state index is 12.8. The largest absolute Gasteiger partial charge is 0.396 e. The molecule has 7 nitrogen and oxygen atoms in total. The van der Waals surface area contributed by atoms with Gasteiger partial charge in [-0.1, -0.05) is 6.08 Å². The number of nitro groups is 1. The molecule has 0 N–H and O–H groups in total. The Morgan fingerprint density at radius 3 is 2.78 bits per heavy atom. The molecule has 0 radical (unpaired) electrons. The predicted molar refractivity (Wildman–Crippen MR) is 87.7 cm³/mol. The minimum Gasteiger partial charge on any atom is -0.358 e. The lowest BCUT2D eigenvalue weighted by Gasteiger charge is -2.28. The van der Waals surface area contributed by atoms with Crippen molar-refractivity contribution in [2.24, 2.45) is 0 Å². The lowest BCUT2D eigenvalue weighted by Crippen LogP contribution is -2.36. The highest BCUT2D eigenvalue weighted by Gasteiger charge is 2.36. The number of nitrogens with zero attached hydrogens (tertiary/aromatic N) is 4. The molecule has 1 heterocycles.